The standard InChI is InChI=1S/C34H26F2N6O4/c1-41-15-13-37-29(41)18-25-24-17-22(10-12-28(24)39-32(25)44)38-33(45)30(21-6-3-2-4-7-21)40-31(43)23-8-5-14-42(34(23)46)19-20-9-11-26(35)27(36)16-20/h2-18,30H,19H2,1H3,(H,38,45)(H,39,44)(H,40,43)/b25-18+/t30-/m1/s1. The van der Waals surface area contributed by atoms with E-state index in [-0.39, 0.29) is 18.0 Å². The summed E-state index contributed by atoms with van der Waals surface area (Å²) in [4.78, 5) is 57.3. The van der Waals surface area contributed by atoms with Crippen molar-refractivity contribution in [3.63, 3.8) is 0 Å². The van der Waals surface area contributed by atoms with Crippen molar-refractivity contribution in [2.45, 2.75) is 12.6 Å². The molecule has 12 heteroatoms. The molecular weight excluding hydrogens is 594 g/mol. The molecule has 0 saturated carbocycles. The molecule has 5 aromatic rings. The number of pyridine rings is 1. The first kappa shape index (κ1) is 29.9. The third-order valence-corrected chi connectivity index (χ3v) is 7.47. The number of amides is 3. The van der Waals surface area contributed by atoms with E-state index in [0.29, 0.717) is 39.5 Å². The monoisotopic (exact) mass is 620 g/mol. The quantitative estimate of drug-likeness (QED) is 0.220. The maximum Gasteiger partial charge on any atom is 0.263 e. The number of aromatic nitrogens is 3. The van der Waals surface area contributed by atoms with Crippen LogP contribution in [0.5, 0.6) is 0 Å². The minimum Gasteiger partial charge on any atom is -0.336 e. The topological polar surface area (TPSA) is 127 Å². The lowest BCUT2D eigenvalue weighted by atomic mass is 10.0. The fourth-order valence-electron chi connectivity index (χ4n) is 5.09. The molecular formula is C34H26F2N6O4. The fraction of sp³-hybridized carbons (Fsp3) is 0.0882. The van der Waals surface area contributed by atoms with Crippen molar-refractivity contribution in [1.29, 1.82) is 0 Å². The summed E-state index contributed by atoms with van der Waals surface area (Å²) in [5.41, 5.74) is 1.73. The van der Waals surface area contributed by atoms with Gasteiger partial charge in [0.15, 0.2) is 11.6 Å². The molecule has 1 aliphatic rings. The second-order valence-corrected chi connectivity index (χ2v) is 10.6. The molecule has 6 rings (SSSR count). The van der Waals surface area contributed by atoms with Crippen LogP contribution in [0.1, 0.15) is 38.9 Å². The van der Waals surface area contributed by atoms with Gasteiger partial charge in [0, 0.05) is 42.6 Å². The molecule has 46 heavy (non-hydrogen) atoms. The van der Waals surface area contributed by atoms with Gasteiger partial charge in [-0.05, 0) is 59.7 Å². The van der Waals surface area contributed by atoms with Crippen molar-refractivity contribution < 1.29 is 23.2 Å². The van der Waals surface area contributed by atoms with Crippen molar-refractivity contribution in [2.75, 3.05) is 10.6 Å². The van der Waals surface area contributed by atoms with Gasteiger partial charge >= 0.3 is 0 Å². The van der Waals surface area contributed by atoms with E-state index in [0.717, 1.165) is 12.1 Å². The van der Waals surface area contributed by atoms with Crippen molar-refractivity contribution in [1.82, 2.24) is 19.4 Å². The number of carbonyl (C=O) groups is 3. The van der Waals surface area contributed by atoms with Crippen LogP contribution in [0, 0.1) is 11.6 Å². The first-order chi connectivity index (χ1) is 22.2. The highest BCUT2D eigenvalue weighted by Crippen LogP contribution is 2.35. The zero-order valence-electron chi connectivity index (χ0n) is 24.3. The molecule has 230 valence electrons. The first-order valence-electron chi connectivity index (χ1n) is 14.1. The molecule has 0 saturated heterocycles. The van der Waals surface area contributed by atoms with E-state index >= 15 is 0 Å². The van der Waals surface area contributed by atoms with E-state index in [1.54, 1.807) is 78.6 Å². The average molecular weight is 621 g/mol. The molecule has 3 heterocycles. The number of anilines is 2. The summed E-state index contributed by atoms with van der Waals surface area (Å²) in [6, 6.07) is 18.3. The normalized spacial score (nSPS) is 13.6. The van der Waals surface area contributed by atoms with Crippen LogP contribution in [-0.4, -0.2) is 31.8 Å². The SMILES string of the molecule is Cn1ccnc1/C=C1/C(=O)Nc2ccc(NC(=O)[C@H](NC(=O)c3cccn(Cc4ccc(F)c(F)c4)c3=O)c3ccccc3)cc21. The molecule has 1 aliphatic heterocycles. The summed E-state index contributed by atoms with van der Waals surface area (Å²) < 4.78 is 30.1. The zero-order valence-corrected chi connectivity index (χ0v) is 24.3. The molecule has 0 radical (unpaired) electrons. The van der Waals surface area contributed by atoms with Crippen LogP contribution in [0.25, 0.3) is 11.6 Å². The number of nitrogens with one attached hydrogen (secondary N) is 3. The van der Waals surface area contributed by atoms with Crippen molar-refractivity contribution in [2.24, 2.45) is 7.05 Å². The molecule has 3 N–H and O–H groups in total. The Bertz CT molecular complexity index is 2090. The Kier molecular flexibility index (Phi) is 8.08. The lowest BCUT2D eigenvalue weighted by Gasteiger charge is -2.19. The summed E-state index contributed by atoms with van der Waals surface area (Å²) in [5, 5.41) is 8.27. The summed E-state index contributed by atoms with van der Waals surface area (Å²) >= 11 is 0. The van der Waals surface area contributed by atoms with Gasteiger partial charge in [0.1, 0.15) is 17.4 Å². The van der Waals surface area contributed by atoms with Crippen LogP contribution in [0.3, 0.4) is 0 Å². The highest BCUT2D eigenvalue weighted by Gasteiger charge is 2.28. The van der Waals surface area contributed by atoms with Crippen LogP contribution >= 0.6 is 0 Å². The highest BCUT2D eigenvalue weighted by molar-refractivity contribution is 6.35. The fourth-order valence-corrected chi connectivity index (χ4v) is 5.09. The molecule has 1 atom stereocenters. The summed E-state index contributed by atoms with van der Waals surface area (Å²) in [5.74, 6) is -3.20. The van der Waals surface area contributed by atoms with E-state index < -0.39 is 35.0 Å². The number of nitrogens with zero attached hydrogens (tertiary/aromatic N) is 3. The number of hydrogen-bond acceptors (Lipinski definition) is 5. The number of halogens is 2. The largest absolute Gasteiger partial charge is 0.336 e. The summed E-state index contributed by atoms with van der Waals surface area (Å²) in [7, 11) is 1.80. The Hall–Kier alpha value is -6.17. The van der Waals surface area contributed by atoms with Crippen molar-refractivity contribution in [3.05, 3.63) is 148 Å². The second-order valence-electron chi connectivity index (χ2n) is 10.6. The van der Waals surface area contributed by atoms with E-state index in [2.05, 4.69) is 20.9 Å². The molecule has 0 fully saturated rings. The zero-order chi connectivity index (χ0) is 32.4. The molecule has 10 nitrogen and oxygen atoms in total. The maximum atomic E-state index is 13.7. The minimum atomic E-state index is -1.21. The van der Waals surface area contributed by atoms with Gasteiger partial charge in [-0.1, -0.05) is 36.4 Å². The maximum absolute atomic E-state index is 13.7. The third kappa shape index (κ3) is 6.09. The van der Waals surface area contributed by atoms with Crippen LogP contribution in [-0.2, 0) is 23.2 Å². The molecule has 0 unspecified atom stereocenters. The van der Waals surface area contributed by atoms with Gasteiger partial charge in [-0.2, -0.15) is 0 Å². The van der Waals surface area contributed by atoms with Crippen LogP contribution in [0.2, 0.25) is 0 Å². The number of aryl methyl sites for hydroxylation is 1. The number of benzene rings is 3. The van der Waals surface area contributed by atoms with Gasteiger partial charge in [0.25, 0.3) is 23.3 Å². The van der Waals surface area contributed by atoms with Crippen LogP contribution in [0.15, 0.2) is 102 Å². The average Bonchev–Trinajstić information content (AvgIpc) is 3.60. The minimum absolute atomic E-state index is 0.105. The van der Waals surface area contributed by atoms with Gasteiger partial charge < -0.3 is 25.1 Å². The lowest BCUT2D eigenvalue weighted by Crippen LogP contribution is -2.40. The lowest BCUT2D eigenvalue weighted by molar-refractivity contribution is -0.118. The number of rotatable bonds is 8. The van der Waals surface area contributed by atoms with Crippen LogP contribution in [0.4, 0.5) is 20.2 Å². The van der Waals surface area contributed by atoms with Crippen LogP contribution < -0.4 is 21.5 Å². The van der Waals surface area contributed by atoms with E-state index in [9.17, 15) is 28.0 Å². The number of imidazole rings is 1. The molecule has 0 spiro atoms. The Labute approximate surface area is 261 Å². The Morgan fingerprint density at radius 2 is 1.76 bits per heavy atom. The molecule has 0 bridgehead atoms. The van der Waals surface area contributed by atoms with Gasteiger partial charge in [-0.25, -0.2) is 13.8 Å². The third-order valence-electron chi connectivity index (χ3n) is 7.47. The van der Waals surface area contributed by atoms with Gasteiger partial charge in [0.2, 0.25) is 0 Å². The summed E-state index contributed by atoms with van der Waals surface area (Å²) in [6.07, 6.45) is 6.45. The number of fused-ring (bicyclic) bond motifs is 1. The highest BCUT2D eigenvalue weighted by atomic mass is 19.2. The van der Waals surface area contributed by atoms with Gasteiger partial charge in [0.05, 0.1) is 12.1 Å². The van der Waals surface area contributed by atoms with Gasteiger partial charge in [-0.3, -0.25) is 19.2 Å². The summed E-state index contributed by atoms with van der Waals surface area (Å²) in [6.45, 7) is -0.105. The Morgan fingerprint density at radius 1 is 0.957 bits per heavy atom. The Balaban J connectivity index is 1.25. The second kappa shape index (κ2) is 12.4. The smallest absolute Gasteiger partial charge is 0.263 e. The molecule has 2 aromatic heterocycles. The van der Waals surface area contributed by atoms with E-state index in [1.807, 2.05) is 0 Å². The number of hydrogen-bond donors (Lipinski definition) is 3. The van der Waals surface area contributed by atoms with E-state index in [1.165, 1.54) is 29.0 Å². The molecule has 3 amide bonds. The molecule has 0 aliphatic carbocycles. The van der Waals surface area contributed by atoms with Crippen molar-refractivity contribution >= 4 is 40.7 Å². The Morgan fingerprint density at radius 3 is 2.50 bits per heavy atom. The first-order valence-corrected chi connectivity index (χ1v) is 14.1. The predicted octanol–water partition coefficient (Wildman–Crippen LogP) is 4.51. The van der Waals surface area contributed by atoms with Gasteiger partial charge in [-0.15, -0.1) is 0 Å². The van der Waals surface area contributed by atoms with Crippen molar-refractivity contribution in [3.8, 4) is 0 Å². The van der Waals surface area contributed by atoms with E-state index in [4.69, 9.17) is 0 Å². The predicted molar refractivity (Wildman–Crippen MR) is 168 cm³/mol. The number of carbonyl (C=O) groups excluding carboxylic acids is 3. The molecule has 3 aromatic carbocycles.